The Labute approximate surface area is 104 Å². The Morgan fingerprint density at radius 2 is 0.895 bits per heavy atom. The molecule has 116 valence electrons. The largest absolute Gasteiger partial charge is 0.448 e. The van der Waals surface area contributed by atoms with E-state index in [1.54, 1.807) is 0 Å². The van der Waals surface area contributed by atoms with Crippen LogP contribution in [0.3, 0.4) is 0 Å². The summed E-state index contributed by atoms with van der Waals surface area (Å²) in [6.07, 6.45) is -15.3. The van der Waals surface area contributed by atoms with Gasteiger partial charge in [0.25, 0.3) is 0 Å². The molecule has 0 fully saturated rings. The Morgan fingerprint density at radius 1 is 0.632 bits per heavy atom. The zero-order chi connectivity index (χ0) is 15.5. The maximum absolute atomic E-state index is 13.6. The van der Waals surface area contributed by atoms with Crippen molar-refractivity contribution in [1.29, 1.82) is 0 Å². The third kappa shape index (κ3) is 4.19. The molecule has 0 saturated heterocycles. The van der Waals surface area contributed by atoms with Gasteiger partial charge in [0.05, 0.1) is 0 Å². The third-order valence-corrected chi connectivity index (χ3v) is 2.31. The lowest BCUT2D eigenvalue weighted by atomic mass is 10.1. The minimum Gasteiger partial charge on any atom is -0.294 e. The van der Waals surface area contributed by atoms with Crippen molar-refractivity contribution in [3.8, 4) is 0 Å². The maximum Gasteiger partial charge on any atom is 0.448 e. The van der Waals surface area contributed by atoms with Crippen LogP contribution in [-0.4, -0.2) is 24.1 Å². The summed E-state index contributed by atoms with van der Waals surface area (Å²) in [7, 11) is 0. The molecule has 0 bridgehead atoms. The van der Waals surface area contributed by atoms with Crippen LogP contribution in [0.25, 0.3) is 0 Å². The molecule has 9 heteroatoms. The van der Waals surface area contributed by atoms with Crippen molar-refractivity contribution in [2.75, 3.05) is 0 Å². The summed E-state index contributed by atoms with van der Waals surface area (Å²) in [6, 6.07) is 0. The molecule has 0 aromatic rings. The van der Waals surface area contributed by atoms with E-state index in [9.17, 15) is 35.1 Å². The van der Waals surface area contributed by atoms with Crippen LogP contribution >= 0.6 is 0 Å². The average Bonchev–Trinajstić information content (AvgIpc) is 2.14. The van der Waals surface area contributed by atoms with Crippen LogP contribution in [0.5, 0.6) is 0 Å². The zero-order valence-electron chi connectivity index (χ0n) is 10.3. The van der Waals surface area contributed by atoms with Crippen molar-refractivity contribution in [3.63, 3.8) is 0 Å². The van der Waals surface area contributed by atoms with Gasteiger partial charge in [-0.15, -0.1) is 0 Å². The van der Waals surface area contributed by atoms with Crippen LogP contribution in [0.1, 0.15) is 39.5 Å². The molecule has 0 aliphatic rings. The summed E-state index contributed by atoms with van der Waals surface area (Å²) in [5.74, 6) is -9.33. The van der Waals surface area contributed by atoms with Gasteiger partial charge in [-0.05, 0) is 0 Å². The Bertz CT molecular complexity index is 258. The van der Waals surface area contributed by atoms with Crippen molar-refractivity contribution in [1.82, 2.24) is 0 Å². The highest BCUT2D eigenvalue weighted by atomic mass is 19.4. The number of rotatable bonds is 6. The molecule has 0 amide bonds. The van der Waals surface area contributed by atoms with Gasteiger partial charge in [0.15, 0.2) is 0 Å². The lowest BCUT2D eigenvalue weighted by Gasteiger charge is -2.36. The lowest BCUT2D eigenvalue weighted by Crippen LogP contribution is -2.54. The molecular formula is C10H14F8O. The van der Waals surface area contributed by atoms with Gasteiger partial charge in [-0.3, -0.25) is 4.74 Å². The molecule has 0 rings (SSSR count). The van der Waals surface area contributed by atoms with Gasteiger partial charge < -0.3 is 0 Å². The molecule has 0 aliphatic carbocycles. The minimum atomic E-state index is -5.75. The van der Waals surface area contributed by atoms with Crippen molar-refractivity contribution >= 4 is 0 Å². The summed E-state index contributed by atoms with van der Waals surface area (Å²) >= 11 is 0. The fourth-order valence-electron chi connectivity index (χ4n) is 1.40. The Hall–Kier alpha value is -0.600. The van der Waals surface area contributed by atoms with Crippen LogP contribution in [0.15, 0.2) is 0 Å². The normalized spacial score (nSPS) is 19.9. The summed E-state index contributed by atoms with van der Waals surface area (Å²) in [4.78, 5) is 0. The monoisotopic (exact) mass is 302 g/mol. The van der Waals surface area contributed by atoms with E-state index in [4.69, 9.17) is 0 Å². The highest BCUT2D eigenvalue weighted by molar-refractivity contribution is 4.85. The first kappa shape index (κ1) is 18.4. The van der Waals surface area contributed by atoms with Crippen molar-refractivity contribution in [2.45, 2.75) is 63.6 Å². The highest BCUT2D eigenvalue weighted by Gasteiger charge is 2.67. The molecule has 2 atom stereocenters. The highest BCUT2D eigenvalue weighted by Crippen LogP contribution is 2.48. The topological polar surface area (TPSA) is 9.23 Å². The van der Waals surface area contributed by atoms with Crippen LogP contribution in [-0.2, 0) is 4.74 Å². The number of hydrogen-bond donors (Lipinski definition) is 0. The molecule has 0 aromatic heterocycles. The molecule has 0 heterocycles. The Kier molecular flexibility index (Phi) is 5.62. The fourth-order valence-corrected chi connectivity index (χ4v) is 1.40. The third-order valence-electron chi connectivity index (χ3n) is 2.31. The quantitative estimate of drug-likeness (QED) is 0.623. The molecule has 2 unspecified atom stereocenters. The number of hydrogen-bond acceptors (Lipinski definition) is 1. The van der Waals surface area contributed by atoms with Gasteiger partial charge in [0.1, 0.15) is 0 Å². The van der Waals surface area contributed by atoms with Crippen LogP contribution in [0, 0.1) is 0 Å². The molecule has 0 spiro atoms. The lowest BCUT2D eigenvalue weighted by molar-refractivity contribution is -0.436. The second kappa shape index (κ2) is 5.80. The van der Waals surface area contributed by atoms with E-state index in [0.29, 0.717) is 0 Å². The Morgan fingerprint density at radius 3 is 1.05 bits per heavy atom. The summed E-state index contributed by atoms with van der Waals surface area (Å²) in [6.45, 7) is 2.22. The summed E-state index contributed by atoms with van der Waals surface area (Å²) < 4.78 is 105. The van der Waals surface area contributed by atoms with E-state index in [1.165, 1.54) is 0 Å². The van der Waals surface area contributed by atoms with E-state index in [2.05, 4.69) is 4.74 Å². The predicted octanol–water partition coefficient (Wildman–Crippen LogP) is 5.06. The van der Waals surface area contributed by atoms with Gasteiger partial charge in [0.2, 0.25) is 0 Å². The van der Waals surface area contributed by atoms with Gasteiger partial charge in [0, 0.05) is 12.8 Å². The first-order valence-corrected chi connectivity index (χ1v) is 5.54. The van der Waals surface area contributed by atoms with Gasteiger partial charge in [-0.1, -0.05) is 26.7 Å². The number of alkyl halides is 8. The van der Waals surface area contributed by atoms with Gasteiger partial charge in [-0.25, -0.2) is 8.78 Å². The molecule has 0 N–H and O–H groups in total. The molecule has 0 aliphatic heterocycles. The molecule has 1 nitrogen and oxygen atoms in total. The predicted molar refractivity (Wildman–Crippen MR) is 50.7 cm³/mol. The first-order chi connectivity index (χ1) is 8.33. The van der Waals surface area contributed by atoms with Crippen LogP contribution < -0.4 is 0 Å². The zero-order valence-corrected chi connectivity index (χ0v) is 10.3. The van der Waals surface area contributed by atoms with E-state index < -0.39 is 49.7 Å². The molecule has 19 heavy (non-hydrogen) atoms. The second-order valence-electron chi connectivity index (χ2n) is 4.05. The first-order valence-electron chi connectivity index (χ1n) is 5.54. The summed E-state index contributed by atoms with van der Waals surface area (Å²) in [5, 5.41) is 0. The molecule has 0 radical (unpaired) electrons. The van der Waals surface area contributed by atoms with E-state index >= 15 is 0 Å². The number of ether oxygens (including phenoxy) is 1. The van der Waals surface area contributed by atoms with E-state index in [1.807, 2.05) is 0 Å². The summed E-state index contributed by atoms with van der Waals surface area (Å²) in [5.41, 5.74) is 0. The SMILES string of the molecule is CCCC(F)(OC(F)(CCC)C(F)(F)F)C(F)(F)F. The minimum absolute atomic E-state index is 0.462. The standard InChI is InChI=1S/C10H14F8O/c1-3-5-7(11,9(13,14)15)19-8(12,6-4-2)10(16,17)18/h3-6H2,1-2H3. The average molecular weight is 302 g/mol. The van der Waals surface area contributed by atoms with Crippen molar-refractivity contribution in [3.05, 3.63) is 0 Å². The van der Waals surface area contributed by atoms with Gasteiger partial charge >= 0.3 is 24.1 Å². The Balaban J connectivity index is 5.41. The smallest absolute Gasteiger partial charge is 0.294 e. The molecule has 0 aromatic carbocycles. The van der Waals surface area contributed by atoms with E-state index in [0.717, 1.165) is 13.8 Å². The van der Waals surface area contributed by atoms with Crippen molar-refractivity contribution < 1.29 is 39.9 Å². The fraction of sp³-hybridized carbons (Fsp3) is 1.00. The molecular weight excluding hydrogens is 288 g/mol. The number of halogens is 8. The maximum atomic E-state index is 13.6. The second-order valence-corrected chi connectivity index (χ2v) is 4.05. The van der Waals surface area contributed by atoms with Crippen LogP contribution in [0.2, 0.25) is 0 Å². The van der Waals surface area contributed by atoms with Crippen molar-refractivity contribution in [2.24, 2.45) is 0 Å². The van der Waals surface area contributed by atoms with Gasteiger partial charge in [-0.2, -0.15) is 26.3 Å². The molecule has 0 saturated carbocycles. The van der Waals surface area contributed by atoms with E-state index in [-0.39, 0.29) is 0 Å². The van der Waals surface area contributed by atoms with Crippen LogP contribution in [0.4, 0.5) is 35.1 Å².